The monoisotopic (exact) mass is 523 g/mol. The van der Waals surface area contributed by atoms with Gasteiger partial charge in [0, 0.05) is 0 Å². The standard InChI is InChI=1S/C24H15Br2NO3/c25-23-15-5-1-2-6-16(15)24(26,18-8-4-3-7-17(18)23)20-19(23)21(29)27(22(20)30)13-9-11-14(28)12-10-13/h1-12,19-20,28H. The molecular weight excluding hydrogens is 510 g/mol. The molecule has 0 radical (unpaired) electrons. The summed E-state index contributed by atoms with van der Waals surface area (Å²) in [7, 11) is 0. The molecule has 1 heterocycles. The Labute approximate surface area is 189 Å². The molecule has 2 atom stereocenters. The molecule has 30 heavy (non-hydrogen) atoms. The number of phenols is 1. The first kappa shape index (κ1) is 18.3. The van der Waals surface area contributed by atoms with Crippen LogP contribution in [-0.2, 0) is 18.2 Å². The molecule has 0 aromatic heterocycles. The summed E-state index contributed by atoms with van der Waals surface area (Å²) in [6.07, 6.45) is 0. The van der Waals surface area contributed by atoms with Crippen LogP contribution in [0.3, 0.4) is 0 Å². The second kappa shape index (κ2) is 5.83. The van der Waals surface area contributed by atoms with Gasteiger partial charge in [-0.3, -0.25) is 9.59 Å². The molecule has 0 spiro atoms. The van der Waals surface area contributed by atoms with Gasteiger partial charge >= 0.3 is 0 Å². The fourth-order valence-electron chi connectivity index (χ4n) is 5.52. The predicted molar refractivity (Wildman–Crippen MR) is 120 cm³/mol. The minimum Gasteiger partial charge on any atom is -0.508 e. The molecule has 1 aliphatic heterocycles. The van der Waals surface area contributed by atoms with Crippen LogP contribution in [0.5, 0.6) is 5.75 Å². The van der Waals surface area contributed by atoms with Crippen LogP contribution in [0.1, 0.15) is 22.3 Å². The number of phenolic OH excluding ortho intramolecular Hbond substituents is 1. The molecule has 6 heteroatoms. The molecule has 148 valence electrons. The Morgan fingerprint density at radius 1 is 0.667 bits per heavy atom. The second-order valence-corrected chi connectivity index (χ2v) is 10.5. The lowest BCUT2D eigenvalue weighted by Gasteiger charge is -2.55. The maximum Gasteiger partial charge on any atom is 0.239 e. The van der Waals surface area contributed by atoms with E-state index in [0.29, 0.717) is 5.69 Å². The van der Waals surface area contributed by atoms with Gasteiger partial charge in [-0.05, 0) is 46.5 Å². The van der Waals surface area contributed by atoms with Crippen molar-refractivity contribution >= 4 is 49.4 Å². The number of nitrogens with zero attached hydrogens (tertiary/aromatic N) is 1. The lowest BCUT2D eigenvalue weighted by Crippen LogP contribution is -2.56. The Morgan fingerprint density at radius 3 is 1.40 bits per heavy atom. The number of alkyl halides is 2. The van der Waals surface area contributed by atoms with Crippen molar-refractivity contribution in [3.63, 3.8) is 0 Å². The number of anilines is 1. The average molecular weight is 525 g/mol. The molecule has 2 unspecified atom stereocenters. The van der Waals surface area contributed by atoms with Crippen molar-refractivity contribution < 1.29 is 14.7 Å². The van der Waals surface area contributed by atoms with E-state index in [1.807, 2.05) is 48.5 Å². The van der Waals surface area contributed by atoms with E-state index < -0.39 is 20.5 Å². The van der Waals surface area contributed by atoms with Crippen molar-refractivity contribution in [1.29, 1.82) is 0 Å². The van der Waals surface area contributed by atoms with Gasteiger partial charge in [-0.1, -0.05) is 80.4 Å². The smallest absolute Gasteiger partial charge is 0.239 e. The van der Waals surface area contributed by atoms with E-state index in [0.717, 1.165) is 22.3 Å². The molecule has 1 N–H and O–H groups in total. The lowest BCUT2D eigenvalue weighted by molar-refractivity contribution is -0.122. The summed E-state index contributed by atoms with van der Waals surface area (Å²) >= 11 is 7.96. The maximum absolute atomic E-state index is 13.8. The first-order chi connectivity index (χ1) is 14.4. The van der Waals surface area contributed by atoms with Gasteiger partial charge in [0.25, 0.3) is 0 Å². The van der Waals surface area contributed by atoms with E-state index in [4.69, 9.17) is 0 Å². The van der Waals surface area contributed by atoms with Crippen LogP contribution >= 0.6 is 31.9 Å². The fraction of sp³-hybridized carbons (Fsp3) is 0.167. The highest BCUT2D eigenvalue weighted by Crippen LogP contribution is 2.70. The first-order valence-electron chi connectivity index (χ1n) is 9.64. The average Bonchev–Trinajstić information content (AvgIpc) is 3.04. The minimum absolute atomic E-state index is 0.0871. The second-order valence-electron chi connectivity index (χ2n) is 8.00. The quantitative estimate of drug-likeness (QED) is 0.367. The van der Waals surface area contributed by atoms with Crippen molar-refractivity contribution in [2.75, 3.05) is 4.90 Å². The number of amides is 2. The Morgan fingerprint density at radius 2 is 1.03 bits per heavy atom. The van der Waals surface area contributed by atoms with E-state index in [9.17, 15) is 14.7 Å². The molecule has 1 saturated heterocycles. The van der Waals surface area contributed by atoms with Crippen molar-refractivity contribution in [2.24, 2.45) is 11.8 Å². The molecule has 0 saturated carbocycles. The van der Waals surface area contributed by atoms with Gasteiger partial charge in [0.1, 0.15) is 5.75 Å². The summed E-state index contributed by atoms with van der Waals surface area (Å²) < 4.78 is -1.59. The van der Waals surface area contributed by atoms with E-state index in [-0.39, 0.29) is 17.6 Å². The lowest BCUT2D eigenvalue weighted by atomic mass is 9.54. The van der Waals surface area contributed by atoms with Gasteiger partial charge < -0.3 is 5.11 Å². The normalized spacial score (nSPS) is 30.8. The summed E-state index contributed by atoms with van der Waals surface area (Å²) in [4.78, 5) is 28.8. The zero-order valence-corrected chi connectivity index (χ0v) is 18.7. The Bertz CT molecular complexity index is 1130. The summed E-state index contributed by atoms with van der Waals surface area (Å²) in [5.41, 5.74) is 4.51. The number of hydrogen-bond donors (Lipinski definition) is 1. The molecule has 2 bridgehead atoms. The van der Waals surface area contributed by atoms with E-state index in [1.165, 1.54) is 17.0 Å². The molecule has 4 nitrogen and oxygen atoms in total. The SMILES string of the molecule is O=C1C2C(C(=O)N1c1ccc(O)cc1)C1(Br)c3ccccc3C2(Br)c2ccccc21. The molecule has 3 aromatic carbocycles. The summed E-state index contributed by atoms with van der Waals surface area (Å²) in [5, 5.41) is 9.65. The molecule has 7 rings (SSSR count). The zero-order chi connectivity index (χ0) is 20.8. The molecular formula is C24H15Br2NO3. The van der Waals surface area contributed by atoms with Gasteiger partial charge in [0.05, 0.1) is 26.2 Å². The van der Waals surface area contributed by atoms with Crippen LogP contribution in [0.25, 0.3) is 0 Å². The zero-order valence-electron chi connectivity index (χ0n) is 15.5. The van der Waals surface area contributed by atoms with E-state index in [2.05, 4.69) is 31.9 Å². The fourth-order valence-corrected chi connectivity index (χ4v) is 7.83. The third kappa shape index (κ3) is 1.92. The highest BCUT2D eigenvalue weighted by Gasteiger charge is 2.72. The van der Waals surface area contributed by atoms with Gasteiger partial charge in [-0.15, -0.1) is 0 Å². The summed E-state index contributed by atoms with van der Waals surface area (Å²) in [5.74, 6) is -1.57. The largest absolute Gasteiger partial charge is 0.508 e. The van der Waals surface area contributed by atoms with Crippen LogP contribution in [0, 0.1) is 11.8 Å². The number of aromatic hydroxyl groups is 1. The van der Waals surface area contributed by atoms with Gasteiger partial charge in [-0.2, -0.15) is 0 Å². The van der Waals surface area contributed by atoms with Gasteiger partial charge in [0.15, 0.2) is 0 Å². The van der Waals surface area contributed by atoms with Crippen LogP contribution in [0.2, 0.25) is 0 Å². The topological polar surface area (TPSA) is 57.6 Å². The number of halogens is 2. The van der Waals surface area contributed by atoms with Crippen molar-refractivity contribution in [2.45, 2.75) is 8.65 Å². The van der Waals surface area contributed by atoms with E-state index in [1.54, 1.807) is 12.1 Å². The number of hydrogen-bond acceptors (Lipinski definition) is 3. The Kier molecular flexibility index (Phi) is 3.56. The van der Waals surface area contributed by atoms with Crippen LogP contribution in [-0.4, -0.2) is 16.9 Å². The number of rotatable bonds is 1. The van der Waals surface area contributed by atoms with Gasteiger partial charge in [-0.25, -0.2) is 4.90 Å². The number of imide groups is 1. The van der Waals surface area contributed by atoms with Crippen LogP contribution in [0.4, 0.5) is 5.69 Å². The molecule has 4 aliphatic rings. The third-order valence-corrected chi connectivity index (χ3v) is 9.39. The molecule has 1 fully saturated rings. The van der Waals surface area contributed by atoms with Crippen molar-refractivity contribution in [1.82, 2.24) is 0 Å². The van der Waals surface area contributed by atoms with Crippen molar-refractivity contribution in [3.05, 3.63) is 95.1 Å². The Hall–Kier alpha value is -2.44. The third-order valence-electron chi connectivity index (χ3n) is 6.69. The summed E-state index contributed by atoms with van der Waals surface area (Å²) in [6, 6.07) is 22.2. The Balaban J connectivity index is 1.66. The number of benzene rings is 3. The number of carbonyl (C=O) groups is 2. The van der Waals surface area contributed by atoms with Gasteiger partial charge in [0.2, 0.25) is 11.8 Å². The molecule has 3 aliphatic carbocycles. The first-order valence-corrected chi connectivity index (χ1v) is 11.2. The highest BCUT2D eigenvalue weighted by molar-refractivity contribution is 9.10. The minimum atomic E-state index is -0.793. The van der Waals surface area contributed by atoms with Crippen molar-refractivity contribution in [3.8, 4) is 5.75 Å². The van der Waals surface area contributed by atoms with E-state index >= 15 is 0 Å². The highest BCUT2D eigenvalue weighted by atomic mass is 79.9. The predicted octanol–water partition coefficient (Wildman–Crippen LogP) is 4.80. The number of carbonyl (C=O) groups excluding carboxylic acids is 2. The molecule has 3 aromatic rings. The maximum atomic E-state index is 13.8. The molecule has 2 amide bonds. The summed E-state index contributed by atoms with van der Waals surface area (Å²) in [6.45, 7) is 0. The van der Waals surface area contributed by atoms with Crippen LogP contribution < -0.4 is 4.90 Å². The van der Waals surface area contributed by atoms with Crippen LogP contribution in [0.15, 0.2) is 72.8 Å².